The van der Waals surface area contributed by atoms with E-state index in [0.29, 0.717) is 17.6 Å². The second kappa shape index (κ2) is 7.58. The molecule has 1 N–H and O–H groups in total. The monoisotopic (exact) mass is 355 g/mol. The third-order valence-corrected chi connectivity index (χ3v) is 5.15. The third-order valence-electron chi connectivity index (χ3n) is 3.34. The summed E-state index contributed by atoms with van der Waals surface area (Å²) in [7, 11) is -0.678. The number of unbranched alkanes of at least 4 members (excludes halogenated alkanes) is 1. The van der Waals surface area contributed by atoms with Crippen molar-refractivity contribution in [2.45, 2.75) is 24.7 Å². The van der Waals surface area contributed by atoms with Crippen LogP contribution in [-0.4, -0.2) is 61.0 Å². The van der Waals surface area contributed by atoms with E-state index in [1.165, 1.54) is 26.2 Å². The van der Waals surface area contributed by atoms with E-state index in [0.717, 1.165) is 22.0 Å². The minimum absolute atomic E-state index is 0.0968. The van der Waals surface area contributed by atoms with Crippen molar-refractivity contribution in [2.75, 3.05) is 27.2 Å². The molecule has 9 nitrogen and oxygen atoms in total. The van der Waals surface area contributed by atoms with E-state index in [9.17, 15) is 13.2 Å². The first-order valence-corrected chi connectivity index (χ1v) is 8.98. The predicted octanol–water partition coefficient (Wildman–Crippen LogP) is 0.0265. The molecule has 2 aromatic rings. The fourth-order valence-corrected chi connectivity index (χ4v) is 2.84. The normalized spacial score (nSPS) is 11.8. The largest absolute Gasteiger partial charge is 0.385 e. The molecule has 0 spiro atoms. The van der Waals surface area contributed by atoms with Gasteiger partial charge in [-0.25, -0.2) is 12.7 Å². The maximum absolute atomic E-state index is 12.2. The molecule has 0 unspecified atom stereocenters. The van der Waals surface area contributed by atoms with Gasteiger partial charge in [-0.15, -0.1) is 5.10 Å². The summed E-state index contributed by atoms with van der Waals surface area (Å²) in [4.78, 5) is 18.1. The van der Waals surface area contributed by atoms with Crippen LogP contribution < -0.4 is 10.2 Å². The molecule has 0 aliphatic carbocycles. The summed E-state index contributed by atoms with van der Waals surface area (Å²) in [6, 6.07) is 4.41. The maximum Gasteiger partial charge on any atom is 0.260 e. The van der Waals surface area contributed by atoms with Gasteiger partial charge in [-0.3, -0.25) is 4.79 Å². The molecule has 0 aliphatic rings. The minimum atomic E-state index is -3.58. The van der Waals surface area contributed by atoms with Crippen LogP contribution in [0.2, 0.25) is 0 Å². The SMILES string of the molecule is CCCCNC(=O)COn1nnc2ccc(S(=O)(=O)N(C)C)cc21. The van der Waals surface area contributed by atoms with Crippen LogP contribution in [0.5, 0.6) is 0 Å². The van der Waals surface area contributed by atoms with Gasteiger partial charge in [0.15, 0.2) is 6.61 Å². The number of hydrogen-bond acceptors (Lipinski definition) is 6. The number of aromatic nitrogens is 3. The number of nitrogens with one attached hydrogen (secondary N) is 1. The number of hydrogen-bond donors (Lipinski definition) is 1. The van der Waals surface area contributed by atoms with Crippen LogP contribution in [0.25, 0.3) is 11.0 Å². The highest BCUT2D eigenvalue weighted by molar-refractivity contribution is 7.89. The van der Waals surface area contributed by atoms with Crippen molar-refractivity contribution in [3.8, 4) is 0 Å². The van der Waals surface area contributed by atoms with E-state index < -0.39 is 10.0 Å². The zero-order valence-corrected chi connectivity index (χ0v) is 14.7. The molecule has 0 bridgehead atoms. The number of rotatable bonds is 8. The lowest BCUT2D eigenvalue weighted by atomic mass is 10.3. The van der Waals surface area contributed by atoms with Crippen molar-refractivity contribution in [1.29, 1.82) is 0 Å². The van der Waals surface area contributed by atoms with Crippen LogP contribution in [0.15, 0.2) is 23.1 Å². The Kier molecular flexibility index (Phi) is 5.73. The number of amides is 1. The zero-order valence-electron chi connectivity index (χ0n) is 13.9. The number of sulfonamides is 1. The standard InChI is InChI=1S/C14H21N5O4S/c1-4-5-8-15-14(20)10-23-19-13-9-11(24(21,22)18(2)3)6-7-12(13)16-17-19/h6-7,9H,4-5,8,10H2,1-3H3,(H,15,20). The summed E-state index contributed by atoms with van der Waals surface area (Å²) in [5.74, 6) is -0.274. The van der Waals surface area contributed by atoms with Crippen LogP contribution in [-0.2, 0) is 14.8 Å². The molecule has 1 amide bonds. The highest BCUT2D eigenvalue weighted by Gasteiger charge is 2.19. The summed E-state index contributed by atoms with van der Waals surface area (Å²) >= 11 is 0. The van der Waals surface area contributed by atoms with Crippen LogP contribution in [0.3, 0.4) is 0 Å². The topological polar surface area (TPSA) is 106 Å². The summed E-state index contributed by atoms with van der Waals surface area (Å²) < 4.78 is 25.5. The highest BCUT2D eigenvalue weighted by Crippen LogP contribution is 2.18. The second-order valence-electron chi connectivity index (χ2n) is 5.38. The molecular weight excluding hydrogens is 334 g/mol. The molecule has 1 aromatic heterocycles. The van der Waals surface area contributed by atoms with Crippen molar-refractivity contribution in [1.82, 2.24) is 24.8 Å². The van der Waals surface area contributed by atoms with Gasteiger partial charge in [0.2, 0.25) is 10.0 Å². The van der Waals surface area contributed by atoms with Crippen LogP contribution in [0.4, 0.5) is 0 Å². The molecule has 2 rings (SSSR count). The van der Waals surface area contributed by atoms with Crippen LogP contribution in [0.1, 0.15) is 19.8 Å². The molecule has 0 radical (unpaired) electrons. The molecular formula is C14H21N5O4S. The van der Waals surface area contributed by atoms with Crippen molar-refractivity contribution in [3.63, 3.8) is 0 Å². The second-order valence-corrected chi connectivity index (χ2v) is 7.53. The summed E-state index contributed by atoms with van der Waals surface area (Å²) in [5.41, 5.74) is 0.846. The number of fused-ring (bicyclic) bond motifs is 1. The Morgan fingerprint density at radius 2 is 2.12 bits per heavy atom. The third kappa shape index (κ3) is 4.01. The Bertz CT molecular complexity index is 816. The first kappa shape index (κ1) is 18.1. The summed E-state index contributed by atoms with van der Waals surface area (Å²) in [6.45, 7) is 2.39. The Morgan fingerprint density at radius 3 is 2.79 bits per heavy atom. The molecule has 0 saturated heterocycles. The van der Waals surface area contributed by atoms with Gasteiger partial charge in [0.25, 0.3) is 5.91 Å². The molecule has 1 heterocycles. The molecule has 132 valence electrons. The number of carbonyl (C=O) groups is 1. The van der Waals surface area contributed by atoms with Gasteiger partial charge in [0.1, 0.15) is 11.0 Å². The maximum atomic E-state index is 12.2. The van der Waals surface area contributed by atoms with E-state index in [-0.39, 0.29) is 17.4 Å². The van der Waals surface area contributed by atoms with E-state index in [1.54, 1.807) is 6.07 Å². The average Bonchev–Trinajstić information content (AvgIpc) is 2.95. The first-order chi connectivity index (χ1) is 11.4. The molecule has 0 aliphatic heterocycles. The van der Waals surface area contributed by atoms with Gasteiger partial charge >= 0.3 is 0 Å². The van der Waals surface area contributed by atoms with Crippen molar-refractivity contribution in [2.24, 2.45) is 0 Å². The predicted molar refractivity (Wildman–Crippen MR) is 87.8 cm³/mol. The van der Waals surface area contributed by atoms with E-state index in [2.05, 4.69) is 15.6 Å². The zero-order chi connectivity index (χ0) is 17.7. The minimum Gasteiger partial charge on any atom is -0.385 e. The lowest BCUT2D eigenvalue weighted by Crippen LogP contribution is -2.32. The van der Waals surface area contributed by atoms with Crippen molar-refractivity contribution < 1.29 is 18.0 Å². The molecule has 0 atom stereocenters. The van der Waals surface area contributed by atoms with Gasteiger partial charge in [-0.05, 0) is 29.8 Å². The van der Waals surface area contributed by atoms with Gasteiger partial charge in [0, 0.05) is 20.6 Å². The summed E-state index contributed by atoms with van der Waals surface area (Å²) in [5, 5.41) is 10.4. The van der Waals surface area contributed by atoms with Gasteiger partial charge in [-0.1, -0.05) is 18.2 Å². The van der Waals surface area contributed by atoms with E-state index in [4.69, 9.17) is 4.84 Å². The lowest BCUT2D eigenvalue weighted by molar-refractivity contribution is -0.126. The highest BCUT2D eigenvalue weighted by atomic mass is 32.2. The van der Waals surface area contributed by atoms with Gasteiger partial charge in [-0.2, -0.15) is 0 Å². The van der Waals surface area contributed by atoms with Crippen LogP contribution in [0, 0.1) is 0 Å². The summed E-state index contributed by atoms with van der Waals surface area (Å²) in [6.07, 6.45) is 1.88. The van der Waals surface area contributed by atoms with Gasteiger partial charge < -0.3 is 10.2 Å². The molecule has 1 aromatic carbocycles. The average molecular weight is 355 g/mol. The van der Waals surface area contributed by atoms with Gasteiger partial charge in [0.05, 0.1) is 4.90 Å². The Labute approximate surface area is 140 Å². The van der Waals surface area contributed by atoms with E-state index in [1.807, 2.05) is 6.92 Å². The molecule has 0 fully saturated rings. The number of nitrogens with zero attached hydrogens (tertiary/aromatic N) is 4. The Hall–Kier alpha value is -2.20. The first-order valence-electron chi connectivity index (χ1n) is 7.54. The van der Waals surface area contributed by atoms with Crippen molar-refractivity contribution >= 4 is 27.0 Å². The fourth-order valence-electron chi connectivity index (χ4n) is 1.92. The number of benzene rings is 1. The lowest BCUT2D eigenvalue weighted by Gasteiger charge is -2.11. The Morgan fingerprint density at radius 1 is 1.38 bits per heavy atom. The van der Waals surface area contributed by atoms with Crippen molar-refractivity contribution in [3.05, 3.63) is 18.2 Å². The van der Waals surface area contributed by atoms with Crippen LogP contribution >= 0.6 is 0 Å². The fraction of sp³-hybridized carbons (Fsp3) is 0.500. The van der Waals surface area contributed by atoms with E-state index >= 15 is 0 Å². The number of carbonyl (C=O) groups excluding carboxylic acids is 1. The Balaban J connectivity index is 2.16. The smallest absolute Gasteiger partial charge is 0.260 e. The molecule has 24 heavy (non-hydrogen) atoms. The quantitative estimate of drug-likeness (QED) is 0.670. The molecule has 10 heteroatoms. The molecule has 0 saturated carbocycles.